The average Bonchev–Trinajstić information content (AvgIpc) is 2.97. The Labute approximate surface area is 138 Å². The zero-order chi connectivity index (χ0) is 16.4. The fourth-order valence-electron chi connectivity index (χ4n) is 2.26. The van der Waals surface area contributed by atoms with Crippen LogP contribution in [0.25, 0.3) is 11.3 Å². The number of ketones is 1. The van der Waals surface area contributed by atoms with Crippen LogP contribution >= 0.6 is 11.6 Å². The molecule has 1 aromatic heterocycles. The summed E-state index contributed by atoms with van der Waals surface area (Å²) in [7, 11) is 1.59. The molecule has 6 heteroatoms. The van der Waals surface area contributed by atoms with E-state index in [0.717, 1.165) is 11.3 Å². The average molecular weight is 328 g/mol. The van der Waals surface area contributed by atoms with Gasteiger partial charge in [-0.05, 0) is 48.5 Å². The number of nitrogens with zero attached hydrogens (tertiary/aromatic N) is 1. The van der Waals surface area contributed by atoms with E-state index in [0.29, 0.717) is 22.0 Å². The molecule has 3 N–H and O–H groups in total. The molecule has 23 heavy (non-hydrogen) atoms. The number of benzene rings is 2. The highest BCUT2D eigenvalue weighted by Gasteiger charge is 2.19. The van der Waals surface area contributed by atoms with Crippen LogP contribution in [0.4, 0.5) is 5.95 Å². The maximum absolute atomic E-state index is 12.7. The number of nitrogen functional groups attached to an aromatic ring is 1. The predicted molar refractivity (Wildman–Crippen MR) is 89.9 cm³/mol. The molecule has 2 aromatic carbocycles. The first-order valence-electron chi connectivity index (χ1n) is 6.88. The van der Waals surface area contributed by atoms with Gasteiger partial charge in [0.25, 0.3) is 0 Å². The van der Waals surface area contributed by atoms with Gasteiger partial charge >= 0.3 is 0 Å². The smallest absolute Gasteiger partial charge is 0.211 e. The van der Waals surface area contributed by atoms with Crippen LogP contribution in [0.3, 0.4) is 0 Å². The van der Waals surface area contributed by atoms with Gasteiger partial charge in [0.05, 0.1) is 7.11 Å². The summed E-state index contributed by atoms with van der Waals surface area (Å²) in [5, 5.41) is 0.570. The topological polar surface area (TPSA) is 81.0 Å². The molecule has 3 rings (SSSR count). The summed E-state index contributed by atoms with van der Waals surface area (Å²) in [6, 6.07) is 13.9. The number of H-pyrrole nitrogens is 1. The molecule has 0 amide bonds. The molecule has 0 radical (unpaired) electrons. The van der Waals surface area contributed by atoms with Crippen LogP contribution in [-0.4, -0.2) is 22.9 Å². The van der Waals surface area contributed by atoms with Gasteiger partial charge in [-0.25, -0.2) is 4.98 Å². The number of anilines is 1. The van der Waals surface area contributed by atoms with Gasteiger partial charge in [0.2, 0.25) is 5.78 Å². The number of ether oxygens (including phenoxy) is 1. The lowest BCUT2D eigenvalue weighted by molar-refractivity contribution is 0.103. The normalized spacial score (nSPS) is 10.5. The van der Waals surface area contributed by atoms with Crippen molar-refractivity contribution in [3.05, 3.63) is 64.8 Å². The second-order valence-electron chi connectivity index (χ2n) is 4.91. The van der Waals surface area contributed by atoms with Gasteiger partial charge in [0.1, 0.15) is 17.1 Å². The fourth-order valence-corrected chi connectivity index (χ4v) is 2.39. The SMILES string of the molecule is COc1ccc(-c2nc(N)[nH]c2C(=O)c2ccc(Cl)cc2)cc1. The number of nitrogens with one attached hydrogen (secondary N) is 1. The number of hydrogen-bond donors (Lipinski definition) is 2. The van der Waals surface area contributed by atoms with E-state index in [2.05, 4.69) is 9.97 Å². The lowest BCUT2D eigenvalue weighted by Crippen LogP contribution is -2.04. The quantitative estimate of drug-likeness (QED) is 0.718. The number of carbonyl (C=O) groups is 1. The number of halogens is 1. The van der Waals surface area contributed by atoms with Crippen molar-refractivity contribution in [1.29, 1.82) is 0 Å². The highest BCUT2D eigenvalue weighted by molar-refractivity contribution is 6.30. The zero-order valence-corrected chi connectivity index (χ0v) is 13.1. The minimum atomic E-state index is -0.198. The van der Waals surface area contributed by atoms with Crippen molar-refractivity contribution >= 4 is 23.3 Å². The van der Waals surface area contributed by atoms with E-state index in [1.165, 1.54) is 0 Å². The maximum Gasteiger partial charge on any atom is 0.211 e. The van der Waals surface area contributed by atoms with E-state index in [4.69, 9.17) is 22.1 Å². The number of aromatic nitrogens is 2. The molecular formula is C17H14ClN3O2. The Morgan fingerprint density at radius 3 is 2.39 bits per heavy atom. The highest BCUT2D eigenvalue weighted by atomic mass is 35.5. The van der Waals surface area contributed by atoms with Crippen molar-refractivity contribution in [2.24, 2.45) is 0 Å². The van der Waals surface area contributed by atoms with Gasteiger partial charge in [-0.3, -0.25) is 4.79 Å². The van der Waals surface area contributed by atoms with Crippen LogP contribution in [-0.2, 0) is 0 Å². The van der Waals surface area contributed by atoms with Crippen LogP contribution in [0.2, 0.25) is 5.02 Å². The van der Waals surface area contributed by atoms with Gasteiger partial charge in [0.15, 0.2) is 5.95 Å². The second kappa shape index (κ2) is 6.14. The first kappa shape index (κ1) is 15.1. The fraction of sp³-hybridized carbons (Fsp3) is 0.0588. The molecule has 0 aliphatic rings. The lowest BCUT2D eigenvalue weighted by Gasteiger charge is -2.04. The molecule has 5 nitrogen and oxygen atoms in total. The molecule has 116 valence electrons. The summed E-state index contributed by atoms with van der Waals surface area (Å²) in [6.07, 6.45) is 0. The molecule has 1 heterocycles. The third kappa shape index (κ3) is 3.05. The van der Waals surface area contributed by atoms with Crippen molar-refractivity contribution in [3.63, 3.8) is 0 Å². The number of carbonyl (C=O) groups excluding carboxylic acids is 1. The van der Waals surface area contributed by atoms with Gasteiger partial charge in [-0.2, -0.15) is 0 Å². The van der Waals surface area contributed by atoms with Gasteiger partial charge in [-0.1, -0.05) is 11.6 Å². The van der Waals surface area contributed by atoms with Crippen LogP contribution < -0.4 is 10.5 Å². The first-order chi connectivity index (χ1) is 11.1. The molecular weight excluding hydrogens is 314 g/mol. The summed E-state index contributed by atoms with van der Waals surface area (Å²) in [6.45, 7) is 0. The Balaban J connectivity index is 2.02. The number of methoxy groups -OCH3 is 1. The predicted octanol–water partition coefficient (Wildman–Crippen LogP) is 3.55. The number of imidazole rings is 1. The third-order valence-corrected chi connectivity index (χ3v) is 3.67. The Hall–Kier alpha value is -2.79. The Morgan fingerprint density at radius 2 is 1.78 bits per heavy atom. The molecule has 0 aliphatic carbocycles. The monoisotopic (exact) mass is 327 g/mol. The summed E-state index contributed by atoms with van der Waals surface area (Å²) in [4.78, 5) is 19.8. The molecule has 0 spiro atoms. The molecule has 0 bridgehead atoms. The van der Waals surface area contributed by atoms with Gasteiger partial charge < -0.3 is 15.5 Å². The van der Waals surface area contributed by atoms with E-state index in [1.807, 2.05) is 12.1 Å². The maximum atomic E-state index is 12.7. The summed E-state index contributed by atoms with van der Waals surface area (Å²) >= 11 is 5.86. The Bertz CT molecular complexity index is 839. The zero-order valence-electron chi connectivity index (χ0n) is 12.3. The Kier molecular flexibility index (Phi) is 4.04. The second-order valence-corrected chi connectivity index (χ2v) is 5.35. The molecule has 0 saturated heterocycles. The van der Waals surface area contributed by atoms with Crippen LogP contribution in [0.15, 0.2) is 48.5 Å². The van der Waals surface area contributed by atoms with Crippen molar-refractivity contribution in [1.82, 2.24) is 9.97 Å². The van der Waals surface area contributed by atoms with Crippen LogP contribution in [0, 0.1) is 0 Å². The van der Waals surface area contributed by atoms with E-state index < -0.39 is 0 Å². The van der Waals surface area contributed by atoms with Crippen molar-refractivity contribution in [2.75, 3.05) is 12.8 Å². The molecule has 0 saturated carbocycles. The number of aromatic amines is 1. The lowest BCUT2D eigenvalue weighted by atomic mass is 10.0. The molecule has 0 atom stereocenters. The molecule has 0 unspecified atom stereocenters. The minimum Gasteiger partial charge on any atom is -0.497 e. The molecule has 0 fully saturated rings. The van der Waals surface area contributed by atoms with Gasteiger partial charge in [-0.15, -0.1) is 0 Å². The third-order valence-electron chi connectivity index (χ3n) is 3.42. The van der Waals surface area contributed by atoms with Crippen molar-refractivity contribution < 1.29 is 9.53 Å². The first-order valence-corrected chi connectivity index (χ1v) is 7.26. The Morgan fingerprint density at radius 1 is 1.13 bits per heavy atom. The molecule has 0 aliphatic heterocycles. The van der Waals surface area contributed by atoms with Crippen molar-refractivity contribution in [2.45, 2.75) is 0 Å². The van der Waals surface area contributed by atoms with E-state index >= 15 is 0 Å². The van der Waals surface area contributed by atoms with E-state index in [1.54, 1.807) is 43.5 Å². The van der Waals surface area contributed by atoms with E-state index in [9.17, 15) is 4.79 Å². The van der Waals surface area contributed by atoms with Crippen LogP contribution in [0.1, 0.15) is 16.1 Å². The van der Waals surface area contributed by atoms with Crippen molar-refractivity contribution in [3.8, 4) is 17.0 Å². The highest BCUT2D eigenvalue weighted by Crippen LogP contribution is 2.26. The number of nitrogens with two attached hydrogens (primary N) is 1. The van der Waals surface area contributed by atoms with E-state index in [-0.39, 0.29) is 11.7 Å². The summed E-state index contributed by atoms with van der Waals surface area (Å²) in [5.41, 5.74) is 7.88. The van der Waals surface area contributed by atoms with Crippen LogP contribution in [0.5, 0.6) is 5.75 Å². The number of rotatable bonds is 4. The summed E-state index contributed by atoms with van der Waals surface area (Å²) in [5.74, 6) is 0.715. The summed E-state index contributed by atoms with van der Waals surface area (Å²) < 4.78 is 5.14. The molecule has 3 aromatic rings. The van der Waals surface area contributed by atoms with Gasteiger partial charge in [0, 0.05) is 16.1 Å². The minimum absolute atomic E-state index is 0.188. The largest absolute Gasteiger partial charge is 0.497 e. The number of hydrogen-bond acceptors (Lipinski definition) is 4. The standard InChI is InChI=1S/C17H14ClN3O2/c1-23-13-8-4-10(5-9-13)14-15(21-17(19)20-14)16(22)11-2-6-12(18)7-3-11/h2-9H,1H3,(H3,19,20,21).